The van der Waals surface area contributed by atoms with Gasteiger partial charge in [0.25, 0.3) is 0 Å². The number of anilines is 3. The molecule has 0 saturated heterocycles. The lowest BCUT2D eigenvalue weighted by atomic mass is 9.67. The van der Waals surface area contributed by atoms with Gasteiger partial charge < -0.3 is 4.90 Å². The molecule has 0 heterocycles. The molecule has 0 fully saturated rings. The third-order valence-corrected chi connectivity index (χ3v) is 14.6. The molecule has 0 amide bonds. The van der Waals surface area contributed by atoms with Crippen molar-refractivity contribution in [3.05, 3.63) is 305 Å². The minimum Gasteiger partial charge on any atom is -0.310 e. The molecule has 0 N–H and O–H groups in total. The summed E-state index contributed by atoms with van der Waals surface area (Å²) < 4.78 is 0. The highest BCUT2D eigenvalue weighted by Crippen LogP contribution is 2.59. The van der Waals surface area contributed by atoms with Crippen LogP contribution < -0.4 is 4.90 Å². The second-order valence-electron chi connectivity index (χ2n) is 19.2. The van der Waals surface area contributed by atoms with Gasteiger partial charge in [0, 0.05) is 17.1 Å². The van der Waals surface area contributed by atoms with Gasteiger partial charge in [-0.2, -0.15) is 0 Å². The van der Waals surface area contributed by atoms with Crippen molar-refractivity contribution in [2.75, 3.05) is 4.90 Å². The number of rotatable bonds is 8. The van der Waals surface area contributed by atoms with Crippen LogP contribution in [0.25, 0.3) is 33.4 Å². The van der Waals surface area contributed by atoms with Crippen molar-refractivity contribution in [2.24, 2.45) is 0 Å². The van der Waals surface area contributed by atoms with Crippen molar-refractivity contribution in [3.8, 4) is 33.4 Å². The van der Waals surface area contributed by atoms with Crippen LogP contribution in [0.1, 0.15) is 70.8 Å². The Labute approximate surface area is 395 Å². The Morgan fingerprint density at radius 1 is 0.284 bits per heavy atom. The normalized spacial score (nSPS) is 13.8. The highest BCUT2D eigenvalue weighted by atomic mass is 15.1. The van der Waals surface area contributed by atoms with Crippen LogP contribution in [0.3, 0.4) is 0 Å². The summed E-state index contributed by atoms with van der Waals surface area (Å²) in [6, 6.07) is 95.1. The highest BCUT2D eigenvalue weighted by molar-refractivity contribution is 5.92. The van der Waals surface area contributed by atoms with E-state index in [4.69, 9.17) is 0 Å². The van der Waals surface area contributed by atoms with Crippen molar-refractivity contribution in [2.45, 2.75) is 37.0 Å². The van der Waals surface area contributed by atoms with Gasteiger partial charge in [0.1, 0.15) is 0 Å². The zero-order chi connectivity index (χ0) is 45.2. The van der Waals surface area contributed by atoms with Crippen LogP contribution in [-0.2, 0) is 16.2 Å². The number of hydrogen-bond acceptors (Lipinski definition) is 1. The molecule has 1 nitrogen and oxygen atoms in total. The van der Waals surface area contributed by atoms with Gasteiger partial charge in [-0.25, -0.2) is 0 Å². The Bertz CT molecular complexity index is 3140. The maximum Gasteiger partial charge on any atom is 0.0714 e. The first-order valence-corrected chi connectivity index (χ1v) is 23.6. The fraction of sp³-hybridized carbons (Fsp3) is 0.0909. The predicted molar refractivity (Wildman–Crippen MR) is 280 cm³/mol. The van der Waals surface area contributed by atoms with E-state index in [-0.39, 0.29) is 5.41 Å². The third kappa shape index (κ3) is 6.29. The van der Waals surface area contributed by atoms with E-state index < -0.39 is 10.8 Å². The summed E-state index contributed by atoms with van der Waals surface area (Å²) in [5.74, 6) is 0. The number of benzene rings is 10. The van der Waals surface area contributed by atoms with E-state index in [1.54, 1.807) is 0 Å². The monoisotopic (exact) mass is 857 g/mol. The van der Waals surface area contributed by atoms with Crippen LogP contribution in [0.2, 0.25) is 0 Å². The largest absolute Gasteiger partial charge is 0.310 e. The fourth-order valence-electron chi connectivity index (χ4n) is 11.6. The van der Waals surface area contributed by atoms with Gasteiger partial charge in [0.2, 0.25) is 0 Å². The molecule has 0 unspecified atom stereocenters. The summed E-state index contributed by atoms with van der Waals surface area (Å²) in [7, 11) is 0. The zero-order valence-corrected chi connectivity index (χ0v) is 38.2. The summed E-state index contributed by atoms with van der Waals surface area (Å²) in [6.45, 7) is 6.82. The molecule has 320 valence electrons. The lowest BCUT2D eigenvalue weighted by Crippen LogP contribution is -2.29. The number of fused-ring (bicyclic) bond motifs is 6. The molecule has 0 atom stereocenters. The van der Waals surface area contributed by atoms with Crippen LogP contribution in [-0.4, -0.2) is 0 Å². The lowest BCUT2D eigenvalue weighted by molar-refractivity contribution is 0.590. The average molecular weight is 858 g/mol. The van der Waals surface area contributed by atoms with E-state index in [2.05, 4.69) is 280 Å². The summed E-state index contributed by atoms with van der Waals surface area (Å²) in [4.78, 5) is 2.49. The van der Waals surface area contributed by atoms with Gasteiger partial charge in [0.15, 0.2) is 0 Å². The summed E-state index contributed by atoms with van der Waals surface area (Å²) in [6.07, 6.45) is 0. The first-order valence-electron chi connectivity index (χ1n) is 23.6. The first-order chi connectivity index (χ1) is 32.9. The zero-order valence-electron chi connectivity index (χ0n) is 38.2. The predicted octanol–water partition coefficient (Wildman–Crippen LogP) is 16.8. The maximum absolute atomic E-state index is 2.49. The quantitative estimate of drug-likeness (QED) is 0.147. The Morgan fingerprint density at radius 2 is 0.597 bits per heavy atom. The molecular formula is C66H51N. The molecular weight excluding hydrogens is 807 g/mol. The number of nitrogens with zero attached hydrogens (tertiary/aromatic N) is 1. The smallest absolute Gasteiger partial charge is 0.0714 e. The third-order valence-electron chi connectivity index (χ3n) is 14.6. The fourth-order valence-corrected chi connectivity index (χ4v) is 11.6. The molecule has 0 aliphatic heterocycles. The molecule has 12 rings (SSSR count). The Kier molecular flexibility index (Phi) is 9.59. The van der Waals surface area contributed by atoms with Gasteiger partial charge in [-0.05, 0) is 125 Å². The van der Waals surface area contributed by atoms with Crippen molar-refractivity contribution >= 4 is 17.1 Å². The number of hydrogen-bond donors (Lipinski definition) is 0. The van der Waals surface area contributed by atoms with E-state index in [9.17, 15) is 0 Å². The molecule has 1 heteroatoms. The van der Waals surface area contributed by atoms with Crippen LogP contribution in [0, 0.1) is 0 Å². The molecule has 2 aliphatic rings. The summed E-state index contributed by atoms with van der Waals surface area (Å²) in [5, 5.41) is 0. The van der Waals surface area contributed by atoms with Gasteiger partial charge >= 0.3 is 0 Å². The topological polar surface area (TPSA) is 3.24 Å². The highest BCUT2D eigenvalue weighted by Gasteiger charge is 2.48. The molecule has 0 saturated carbocycles. The average Bonchev–Trinajstić information content (AvgIpc) is 3.85. The van der Waals surface area contributed by atoms with Crippen LogP contribution >= 0.6 is 0 Å². The van der Waals surface area contributed by atoms with E-state index in [0.29, 0.717) is 0 Å². The second kappa shape index (κ2) is 15.9. The summed E-state index contributed by atoms with van der Waals surface area (Å²) in [5.41, 5.74) is 21.3. The Morgan fingerprint density at radius 3 is 0.970 bits per heavy atom. The van der Waals surface area contributed by atoms with Crippen LogP contribution in [0.5, 0.6) is 0 Å². The van der Waals surface area contributed by atoms with Gasteiger partial charge in [-0.15, -0.1) is 0 Å². The van der Waals surface area contributed by atoms with Crippen LogP contribution in [0.4, 0.5) is 17.1 Å². The molecule has 0 radical (unpaired) electrons. The molecule has 10 aromatic carbocycles. The molecule has 0 bridgehead atoms. The van der Waals surface area contributed by atoms with Gasteiger partial charge in [-0.3, -0.25) is 0 Å². The van der Waals surface area contributed by atoms with Crippen molar-refractivity contribution < 1.29 is 0 Å². The van der Waals surface area contributed by atoms with E-state index in [0.717, 1.165) is 17.1 Å². The molecule has 0 spiro atoms. The second-order valence-corrected chi connectivity index (χ2v) is 19.2. The molecule has 67 heavy (non-hydrogen) atoms. The molecule has 10 aromatic rings. The molecule has 0 aromatic heterocycles. The van der Waals surface area contributed by atoms with Gasteiger partial charge in [-0.1, -0.05) is 239 Å². The molecule has 2 aliphatic carbocycles. The van der Waals surface area contributed by atoms with Crippen molar-refractivity contribution in [1.29, 1.82) is 0 Å². The lowest BCUT2D eigenvalue weighted by Gasteiger charge is -2.36. The maximum atomic E-state index is 2.49. The van der Waals surface area contributed by atoms with Crippen molar-refractivity contribution in [1.82, 2.24) is 0 Å². The first kappa shape index (κ1) is 40.5. The standard InChI is InChI=1S/C66H51N/c1-64(2,3)48-36-32-46(33-37-48)47-34-38-53(39-35-47)67(54-40-42-58-56-28-16-18-30-60(56)65(62(58)44-54,49-20-8-4-9-21-49)50-22-10-5-11-23-50)55-41-43-59-57-29-17-19-31-61(57)66(63(59)45-55,51-24-12-6-13-25-51)52-26-14-7-15-27-52/h4-45H,1-3H3. The van der Waals surface area contributed by atoms with E-state index >= 15 is 0 Å². The Hall–Kier alpha value is -8.00. The van der Waals surface area contributed by atoms with E-state index in [1.165, 1.54) is 83.5 Å². The summed E-state index contributed by atoms with van der Waals surface area (Å²) >= 11 is 0. The van der Waals surface area contributed by atoms with E-state index in [1.807, 2.05) is 0 Å². The SMILES string of the molecule is CC(C)(C)c1ccc(-c2ccc(N(c3ccc4c(c3)C(c3ccccc3)(c3ccccc3)c3ccccc3-4)c3ccc4c(c3)C(c3ccccc3)(c3ccccc3)c3ccccc3-4)cc2)cc1. The minimum atomic E-state index is -0.533. The van der Waals surface area contributed by atoms with Gasteiger partial charge in [0.05, 0.1) is 10.8 Å². The minimum absolute atomic E-state index is 0.0918. The van der Waals surface area contributed by atoms with Crippen LogP contribution in [0.15, 0.2) is 255 Å². The van der Waals surface area contributed by atoms with Crippen molar-refractivity contribution in [3.63, 3.8) is 0 Å². The Balaban J connectivity index is 1.11.